The molecule has 0 radical (unpaired) electrons. The third-order valence-electron chi connectivity index (χ3n) is 7.55. The molecule has 0 unspecified atom stereocenters. The van der Waals surface area contributed by atoms with Gasteiger partial charge in [-0.25, -0.2) is 0 Å². The maximum absolute atomic E-state index is 13.0. The number of imide groups is 1. The van der Waals surface area contributed by atoms with Crippen molar-refractivity contribution in [3.05, 3.63) is 42.0 Å². The highest BCUT2D eigenvalue weighted by Crippen LogP contribution is 2.30. The molecule has 0 spiro atoms. The van der Waals surface area contributed by atoms with E-state index < -0.39 is 70.4 Å². The number of aliphatic hydroxyl groups is 1. The molecule has 17 nitrogen and oxygen atoms in total. The number of benzene rings is 1. The first-order chi connectivity index (χ1) is 24.0. The zero-order valence-corrected chi connectivity index (χ0v) is 29.3. The van der Waals surface area contributed by atoms with Crippen LogP contribution in [0.1, 0.15) is 58.4 Å². The number of ether oxygens (including phenoxy) is 3. The van der Waals surface area contributed by atoms with E-state index in [1.165, 1.54) is 0 Å². The van der Waals surface area contributed by atoms with Gasteiger partial charge in [-0.2, -0.15) is 8.42 Å². The zero-order chi connectivity index (χ0) is 37.7. The number of hydrogen-bond donors (Lipinski definition) is 5. The minimum absolute atomic E-state index is 0.0153. The van der Waals surface area contributed by atoms with Crippen LogP contribution in [0.3, 0.4) is 0 Å². The van der Waals surface area contributed by atoms with Gasteiger partial charge in [-0.15, -0.1) is 0 Å². The third kappa shape index (κ3) is 13.9. The van der Waals surface area contributed by atoms with Gasteiger partial charge in [-0.3, -0.25) is 38.2 Å². The van der Waals surface area contributed by atoms with Gasteiger partial charge in [-0.1, -0.05) is 38.8 Å². The molecule has 0 bridgehead atoms. The number of aliphatic hydroxyl groups excluding tert-OH is 1. The molecule has 3 rings (SSSR count). The summed E-state index contributed by atoms with van der Waals surface area (Å²) in [6.07, 6.45) is 5.53. The molecular weight excluding hydrogens is 692 g/mol. The summed E-state index contributed by atoms with van der Waals surface area (Å²) in [5.74, 6) is -5.98. The van der Waals surface area contributed by atoms with Gasteiger partial charge in [0.15, 0.2) is 0 Å². The lowest BCUT2D eigenvalue weighted by atomic mass is 10.1. The van der Waals surface area contributed by atoms with Crippen LogP contribution in [0.5, 0.6) is 5.75 Å². The topological polar surface area (TPSA) is 244 Å². The standard InChI is InChI=1S/C33H44N4O13S/c1-20(2)32(44)48-16-6-8-22-10-11-26(50-33-25(38)9-5-4-7-21(3)49-33)23(17-22)35-27(39)14-15-34-31(43)24(19-51(45,46)47)36-28(40)18-37-29(41)12-13-30(37)42/h6,8,10-13,17,20-21,24-25,33,38H,4-5,7,9,14-16,18-19H2,1-3H3,(H,34,43)(H,35,39)(H,36,40)(H,45,46,47)/b8-6+/t21-,24+,25-,33+/m1/s1. The van der Waals surface area contributed by atoms with Crippen molar-refractivity contribution in [3.63, 3.8) is 0 Å². The van der Waals surface area contributed by atoms with Crippen LogP contribution in [0.2, 0.25) is 0 Å². The predicted octanol–water partition coefficient (Wildman–Crippen LogP) is 0.686. The summed E-state index contributed by atoms with van der Waals surface area (Å²) in [5, 5.41) is 17.8. The fraction of sp³-hybridized carbons (Fsp3) is 0.515. The normalized spacial score (nSPS) is 20.1. The lowest BCUT2D eigenvalue weighted by Crippen LogP contribution is -2.53. The van der Waals surface area contributed by atoms with Crippen molar-refractivity contribution in [2.75, 3.05) is 30.8 Å². The first kappa shape index (κ1) is 40.8. The van der Waals surface area contributed by atoms with Gasteiger partial charge in [0.05, 0.1) is 17.7 Å². The molecule has 1 fully saturated rings. The Morgan fingerprint density at radius 2 is 1.76 bits per heavy atom. The van der Waals surface area contributed by atoms with Crippen LogP contribution in [-0.4, -0.2) is 108 Å². The van der Waals surface area contributed by atoms with Crippen LogP contribution in [0, 0.1) is 5.92 Å². The Bertz CT molecular complexity index is 1610. The zero-order valence-electron chi connectivity index (χ0n) is 28.5. The minimum atomic E-state index is -4.78. The number of esters is 1. The van der Waals surface area contributed by atoms with E-state index in [-0.39, 0.29) is 49.0 Å². The first-order valence-electron chi connectivity index (χ1n) is 16.4. The van der Waals surface area contributed by atoms with E-state index in [1.54, 1.807) is 44.2 Å². The van der Waals surface area contributed by atoms with Crippen molar-refractivity contribution in [1.29, 1.82) is 0 Å². The van der Waals surface area contributed by atoms with Gasteiger partial charge in [0.1, 0.15) is 36.8 Å². The van der Waals surface area contributed by atoms with E-state index in [1.807, 2.05) is 6.92 Å². The van der Waals surface area contributed by atoms with Gasteiger partial charge in [-0.05, 0) is 43.5 Å². The molecule has 2 heterocycles. The molecule has 0 aromatic heterocycles. The summed E-state index contributed by atoms with van der Waals surface area (Å²) in [7, 11) is -4.78. The summed E-state index contributed by atoms with van der Waals surface area (Å²) in [5.41, 5.74) is 0.783. The number of anilines is 1. The number of carbonyl (C=O) groups is 6. The van der Waals surface area contributed by atoms with Crippen LogP contribution in [-0.2, 0) is 48.4 Å². The lowest BCUT2D eigenvalue weighted by Gasteiger charge is -2.30. The maximum Gasteiger partial charge on any atom is 0.308 e. The van der Waals surface area contributed by atoms with Crippen molar-refractivity contribution in [1.82, 2.24) is 15.5 Å². The molecule has 0 saturated carbocycles. The molecule has 1 aromatic rings. The van der Waals surface area contributed by atoms with E-state index in [9.17, 15) is 46.8 Å². The van der Waals surface area contributed by atoms with Crippen molar-refractivity contribution >= 4 is 57.4 Å². The molecule has 0 aliphatic carbocycles. The summed E-state index contributed by atoms with van der Waals surface area (Å²) in [6, 6.07) is 3.00. The second-order valence-electron chi connectivity index (χ2n) is 12.3. The quantitative estimate of drug-likeness (QED) is 0.0892. The molecule has 18 heteroatoms. The molecule has 2 aliphatic rings. The largest absolute Gasteiger partial charge is 0.461 e. The second-order valence-corrected chi connectivity index (χ2v) is 13.8. The average Bonchev–Trinajstić information content (AvgIpc) is 3.35. The summed E-state index contributed by atoms with van der Waals surface area (Å²) < 4.78 is 49.5. The fourth-order valence-corrected chi connectivity index (χ4v) is 5.53. The van der Waals surface area contributed by atoms with Crippen LogP contribution in [0.4, 0.5) is 5.69 Å². The minimum Gasteiger partial charge on any atom is -0.461 e. The van der Waals surface area contributed by atoms with Crippen molar-refractivity contribution < 1.29 is 61.1 Å². The average molecular weight is 737 g/mol. The van der Waals surface area contributed by atoms with Crippen LogP contribution >= 0.6 is 0 Å². The Hall–Kier alpha value is -4.65. The summed E-state index contributed by atoms with van der Waals surface area (Å²) in [6.45, 7) is 4.16. The highest BCUT2D eigenvalue weighted by molar-refractivity contribution is 7.85. The van der Waals surface area contributed by atoms with Crippen LogP contribution in [0.25, 0.3) is 6.08 Å². The smallest absolute Gasteiger partial charge is 0.308 e. The predicted molar refractivity (Wildman–Crippen MR) is 181 cm³/mol. The van der Waals surface area contributed by atoms with E-state index in [2.05, 4.69) is 16.0 Å². The Balaban J connectivity index is 1.68. The number of nitrogens with zero attached hydrogens (tertiary/aromatic N) is 1. The highest BCUT2D eigenvalue weighted by atomic mass is 32.2. The number of carbonyl (C=O) groups excluding carboxylic acids is 6. The van der Waals surface area contributed by atoms with Gasteiger partial charge >= 0.3 is 5.97 Å². The van der Waals surface area contributed by atoms with Crippen molar-refractivity contribution in [2.24, 2.45) is 5.92 Å². The third-order valence-corrected chi connectivity index (χ3v) is 8.30. The molecule has 5 N–H and O–H groups in total. The van der Waals surface area contributed by atoms with Gasteiger partial charge < -0.3 is 35.3 Å². The van der Waals surface area contributed by atoms with Crippen LogP contribution < -0.4 is 20.7 Å². The molecule has 51 heavy (non-hydrogen) atoms. The molecule has 2 aliphatic heterocycles. The van der Waals surface area contributed by atoms with E-state index in [0.29, 0.717) is 16.9 Å². The Labute approximate surface area is 295 Å². The second kappa shape index (κ2) is 19.1. The van der Waals surface area contributed by atoms with Crippen LogP contribution in [0.15, 0.2) is 36.4 Å². The first-order valence-corrected chi connectivity index (χ1v) is 18.0. The Kier molecular flexibility index (Phi) is 15.3. The molecule has 5 amide bonds. The van der Waals surface area contributed by atoms with E-state index in [4.69, 9.17) is 14.2 Å². The Morgan fingerprint density at radius 1 is 1.08 bits per heavy atom. The van der Waals surface area contributed by atoms with Gasteiger partial charge in [0.25, 0.3) is 21.9 Å². The summed E-state index contributed by atoms with van der Waals surface area (Å²) in [4.78, 5) is 74.1. The highest BCUT2D eigenvalue weighted by Gasteiger charge is 2.31. The number of amides is 5. The van der Waals surface area contributed by atoms with Gasteiger partial charge in [0.2, 0.25) is 24.0 Å². The number of nitrogens with one attached hydrogen (secondary N) is 3. The summed E-state index contributed by atoms with van der Waals surface area (Å²) >= 11 is 0. The molecule has 280 valence electrons. The fourth-order valence-electron chi connectivity index (χ4n) is 4.87. The number of hydrogen-bond acceptors (Lipinski definition) is 12. The molecular formula is C33H44N4O13S. The molecule has 4 atom stereocenters. The molecule has 1 aromatic carbocycles. The number of rotatable bonds is 16. The lowest BCUT2D eigenvalue weighted by molar-refractivity contribution is -0.177. The SMILES string of the molecule is CC(C)C(=O)OC/C=C/c1ccc(O[C@@H]2O[C@H](C)CCCC[C@H]2O)c(NC(=O)CCNC(=O)[C@H](CS(=O)(=O)O)NC(=O)CN2C(=O)C=CC2=O)c1. The maximum atomic E-state index is 13.0. The van der Waals surface area contributed by atoms with Crippen molar-refractivity contribution in [3.8, 4) is 5.75 Å². The van der Waals surface area contributed by atoms with Crippen molar-refractivity contribution in [2.45, 2.75) is 77.4 Å². The van der Waals surface area contributed by atoms with E-state index in [0.717, 1.165) is 31.4 Å². The Morgan fingerprint density at radius 3 is 2.43 bits per heavy atom. The van der Waals surface area contributed by atoms with E-state index >= 15 is 0 Å². The monoisotopic (exact) mass is 736 g/mol. The molecule has 1 saturated heterocycles. The van der Waals surface area contributed by atoms with Gasteiger partial charge in [0, 0.05) is 25.1 Å².